The quantitative estimate of drug-likeness (QED) is 0.637. The monoisotopic (exact) mass is 174 g/mol. The van der Waals surface area contributed by atoms with Gasteiger partial charge in [-0.3, -0.25) is 4.68 Å². The Morgan fingerprint density at radius 1 is 1.73 bits per heavy atom. The van der Waals surface area contributed by atoms with Gasteiger partial charge in [-0.25, -0.2) is 4.39 Å². The molecular weight excluding hydrogens is 167 g/mol. The summed E-state index contributed by atoms with van der Waals surface area (Å²) in [7, 11) is 1.71. The third kappa shape index (κ3) is 1.03. The summed E-state index contributed by atoms with van der Waals surface area (Å²) < 4.78 is 14.8. The molecule has 1 heterocycles. The van der Waals surface area contributed by atoms with Crippen LogP contribution in [0.3, 0.4) is 0 Å². The number of rotatable bonds is 1. The predicted octanol–water partition coefficient (Wildman–Crippen LogP) is 2.03. The fourth-order valence-electron chi connectivity index (χ4n) is 1.03. The summed E-state index contributed by atoms with van der Waals surface area (Å²) in [4.78, 5) is 0. The molecule has 0 aliphatic heterocycles. The fourth-order valence-corrected chi connectivity index (χ4v) is 1.17. The molecule has 4 heteroatoms. The Bertz CT molecular complexity index is 271. The lowest BCUT2D eigenvalue weighted by molar-refractivity contribution is 0.307. The Balaban J connectivity index is 2.39. The minimum absolute atomic E-state index is 0.477. The van der Waals surface area contributed by atoms with E-state index in [0.29, 0.717) is 23.7 Å². The van der Waals surface area contributed by atoms with E-state index in [-0.39, 0.29) is 0 Å². The van der Waals surface area contributed by atoms with E-state index >= 15 is 0 Å². The van der Waals surface area contributed by atoms with Gasteiger partial charge in [0.05, 0.1) is 0 Å². The molecule has 2 rings (SSSR count). The van der Waals surface area contributed by atoms with Gasteiger partial charge in [0.1, 0.15) is 10.8 Å². The van der Waals surface area contributed by atoms with Crippen LogP contribution in [0.15, 0.2) is 6.07 Å². The molecule has 0 amide bonds. The van der Waals surface area contributed by atoms with E-state index in [1.807, 2.05) is 0 Å². The first-order valence-electron chi connectivity index (χ1n) is 3.51. The lowest BCUT2D eigenvalue weighted by Crippen LogP contribution is -1.99. The van der Waals surface area contributed by atoms with Crippen molar-refractivity contribution in [2.45, 2.75) is 18.5 Å². The zero-order chi connectivity index (χ0) is 8.06. The van der Waals surface area contributed by atoms with Gasteiger partial charge in [-0.05, 0) is 12.8 Å². The molecule has 0 aromatic carbocycles. The summed E-state index contributed by atoms with van der Waals surface area (Å²) in [6, 6.07) is 1.59. The average Bonchev–Trinajstić information content (AvgIpc) is 2.59. The first-order valence-corrected chi connectivity index (χ1v) is 3.88. The molecule has 1 aromatic rings. The summed E-state index contributed by atoms with van der Waals surface area (Å²) >= 11 is 5.70. The van der Waals surface area contributed by atoms with E-state index in [1.54, 1.807) is 13.1 Å². The highest BCUT2D eigenvalue weighted by molar-refractivity contribution is 6.29. The Hall–Kier alpha value is -0.570. The lowest BCUT2D eigenvalue weighted by atomic mass is 10.3. The maximum absolute atomic E-state index is 13.3. The standard InChI is InChI=1S/C7H8ClFN2/c1-11-6(8)4-5(10-11)7(9)2-3-7/h4H,2-3H2,1H3. The summed E-state index contributed by atoms with van der Waals surface area (Å²) in [5.74, 6) is 0. The van der Waals surface area contributed by atoms with Crippen LogP contribution in [-0.2, 0) is 12.7 Å². The first kappa shape index (κ1) is 7.10. The number of hydrogen-bond acceptors (Lipinski definition) is 1. The Kier molecular flexibility index (Phi) is 1.27. The lowest BCUT2D eigenvalue weighted by Gasteiger charge is -1.96. The second-order valence-corrected chi connectivity index (χ2v) is 3.33. The van der Waals surface area contributed by atoms with Gasteiger partial charge in [-0.2, -0.15) is 5.10 Å². The van der Waals surface area contributed by atoms with E-state index in [9.17, 15) is 4.39 Å². The molecule has 1 saturated carbocycles. The molecule has 0 spiro atoms. The Morgan fingerprint density at radius 3 is 2.73 bits per heavy atom. The fraction of sp³-hybridized carbons (Fsp3) is 0.571. The Morgan fingerprint density at radius 2 is 2.36 bits per heavy atom. The van der Waals surface area contributed by atoms with Gasteiger partial charge in [0.25, 0.3) is 0 Å². The second kappa shape index (κ2) is 1.97. The van der Waals surface area contributed by atoms with Crippen molar-refractivity contribution in [3.8, 4) is 0 Å². The smallest absolute Gasteiger partial charge is 0.154 e. The largest absolute Gasteiger partial charge is 0.257 e. The molecule has 0 bridgehead atoms. The first-order chi connectivity index (χ1) is 5.12. The molecule has 2 nitrogen and oxygen atoms in total. The molecule has 11 heavy (non-hydrogen) atoms. The van der Waals surface area contributed by atoms with Crippen molar-refractivity contribution >= 4 is 11.6 Å². The molecule has 1 aromatic heterocycles. The molecule has 0 unspecified atom stereocenters. The van der Waals surface area contributed by atoms with Crippen LogP contribution < -0.4 is 0 Å². The van der Waals surface area contributed by atoms with E-state index in [1.165, 1.54) is 4.68 Å². The Labute approximate surface area is 69.0 Å². The van der Waals surface area contributed by atoms with Gasteiger partial charge in [0, 0.05) is 13.1 Å². The van der Waals surface area contributed by atoms with E-state index in [0.717, 1.165) is 0 Å². The van der Waals surface area contributed by atoms with Gasteiger partial charge in [-0.1, -0.05) is 11.6 Å². The van der Waals surface area contributed by atoms with Crippen molar-refractivity contribution < 1.29 is 4.39 Å². The number of aromatic nitrogens is 2. The van der Waals surface area contributed by atoms with Crippen LogP contribution in [0.25, 0.3) is 0 Å². The van der Waals surface area contributed by atoms with E-state index in [4.69, 9.17) is 11.6 Å². The van der Waals surface area contributed by atoms with E-state index < -0.39 is 5.67 Å². The van der Waals surface area contributed by atoms with Crippen molar-refractivity contribution in [1.29, 1.82) is 0 Å². The van der Waals surface area contributed by atoms with Crippen molar-refractivity contribution in [2.75, 3.05) is 0 Å². The summed E-state index contributed by atoms with van der Waals surface area (Å²) in [6.45, 7) is 0. The van der Waals surface area contributed by atoms with Crippen LogP contribution in [0.2, 0.25) is 5.15 Å². The van der Waals surface area contributed by atoms with Gasteiger partial charge in [0.15, 0.2) is 5.67 Å². The maximum Gasteiger partial charge on any atom is 0.154 e. The summed E-state index contributed by atoms with van der Waals surface area (Å²) in [6.07, 6.45) is 1.17. The second-order valence-electron chi connectivity index (χ2n) is 2.94. The minimum atomic E-state index is -1.16. The van der Waals surface area contributed by atoms with Crippen LogP contribution in [-0.4, -0.2) is 9.78 Å². The number of alkyl halides is 1. The van der Waals surface area contributed by atoms with Crippen molar-refractivity contribution in [2.24, 2.45) is 7.05 Å². The van der Waals surface area contributed by atoms with Crippen LogP contribution in [0.5, 0.6) is 0 Å². The highest BCUT2D eigenvalue weighted by Crippen LogP contribution is 2.49. The zero-order valence-corrected chi connectivity index (χ0v) is 6.90. The number of aryl methyl sites for hydroxylation is 1. The maximum atomic E-state index is 13.3. The van der Waals surface area contributed by atoms with Gasteiger partial charge in [0.2, 0.25) is 0 Å². The van der Waals surface area contributed by atoms with Crippen molar-refractivity contribution in [3.63, 3.8) is 0 Å². The normalized spacial score (nSPS) is 20.3. The molecule has 0 N–H and O–H groups in total. The third-order valence-corrected chi connectivity index (χ3v) is 2.32. The average molecular weight is 175 g/mol. The molecule has 1 aliphatic rings. The number of hydrogen-bond donors (Lipinski definition) is 0. The van der Waals surface area contributed by atoms with Gasteiger partial charge < -0.3 is 0 Å². The number of nitrogens with zero attached hydrogens (tertiary/aromatic N) is 2. The summed E-state index contributed by atoms with van der Waals surface area (Å²) in [5, 5.41) is 4.44. The molecule has 60 valence electrons. The molecule has 0 atom stereocenters. The SMILES string of the molecule is Cn1nc(C2(F)CC2)cc1Cl. The number of halogens is 2. The summed E-state index contributed by atoms with van der Waals surface area (Å²) in [5.41, 5.74) is -0.685. The van der Waals surface area contributed by atoms with Crippen molar-refractivity contribution in [1.82, 2.24) is 9.78 Å². The zero-order valence-electron chi connectivity index (χ0n) is 6.14. The molecule has 1 aliphatic carbocycles. The van der Waals surface area contributed by atoms with Crippen molar-refractivity contribution in [3.05, 3.63) is 16.9 Å². The predicted molar refractivity (Wildman–Crippen MR) is 40.2 cm³/mol. The third-order valence-electron chi connectivity index (χ3n) is 1.97. The van der Waals surface area contributed by atoms with Gasteiger partial charge >= 0.3 is 0 Å². The van der Waals surface area contributed by atoms with Gasteiger partial charge in [-0.15, -0.1) is 0 Å². The van der Waals surface area contributed by atoms with Crippen LogP contribution in [0, 0.1) is 0 Å². The minimum Gasteiger partial charge on any atom is -0.257 e. The van der Waals surface area contributed by atoms with E-state index in [2.05, 4.69) is 5.10 Å². The molecule has 1 fully saturated rings. The topological polar surface area (TPSA) is 17.8 Å². The molecule has 0 saturated heterocycles. The molecule has 0 radical (unpaired) electrons. The van der Waals surface area contributed by atoms with Crippen LogP contribution in [0.1, 0.15) is 18.5 Å². The molecular formula is C7H8ClFN2. The highest BCUT2D eigenvalue weighted by Gasteiger charge is 2.47. The van der Waals surface area contributed by atoms with Crippen LogP contribution in [0.4, 0.5) is 4.39 Å². The highest BCUT2D eigenvalue weighted by atomic mass is 35.5. The van der Waals surface area contributed by atoms with Crippen LogP contribution >= 0.6 is 11.6 Å².